The zero-order chi connectivity index (χ0) is 22.5. The summed E-state index contributed by atoms with van der Waals surface area (Å²) in [6.07, 6.45) is 0. The third kappa shape index (κ3) is 6.29. The van der Waals surface area contributed by atoms with Crippen molar-refractivity contribution in [2.24, 2.45) is 5.92 Å². The minimum atomic E-state index is -3.86. The highest BCUT2D eigenvalue weighted by Crippen LogP contribution is 2.23. The number of hydrogen-bond donors (Lipinski definition) is 2. The average Bonchev–Trinajstić information content (AvgIpc) is 2.66. The molecule has 0 fully saturated rings. The molecule has 1 unspecified atom stereocenters. The van der Waals surface area contributed by atoms with Crippen LogP contribution in [-0.4, -0.2) is 38.1 Å². The lowest BCUT2D eigenvalue weighted by Crippen LogP contribution is -2.41. The molecule has 0 aromatic heterocycles. The lowest BCUT2D eigenvalue weighted by molar-refractivity contribution is -0.122. The Bertz CT molecular complexity index is 990. The van der Waals surface area contributed by atoms with E-state index < -0.39 is 15.9 Å². The zero-order valence-electron chi connectivity index (χ0n) is 17.3. The Kier molecular flexibility index (Phi) is 8.00. The van der Waals surface area contributed by atoms with Crippen LogP contribution in [0.2, 0.25) is 5.02 Å². The van der Waals surface area contributed by atoms with Gasteiger partial charge in [-0.05, 0) is 47.9 Å². The summed E-state index contributed by atoms with van der Waals surface area (Å²) in [5.74, 6) is -0.567. The molecule has 7 nitrogen and oxygen atoms in total. The third-order valence-corrected chi connectivity index (χ3v) is 6.53. The number of benzene rings is 2. The summed E-state index contributed by atoms with van der Waals surface area (Å²) in [7, 11) is -2.51. The van der Waals surface area contributed by atoms with E-state index in [1.807, 2.05) is 26.0 Å². The molecule has 0 aliphatic rings. The van der Waals surface area contributed by atoms with Gasteiger partial charge in [0.05, 0.1) is 17.5 Å². The van der Waals surface area contributed by atoms with Gasteiger partial charge in [-0.1, -0.05) is 37.6 Å². The molecule has 2 aromatic rings. The minimum Gasteiger partial charge on any atom is -0.348 e. The molecule has 0 spiro atoms. The van der Waals surface area contributed by atoms with Crippen molar-refractivity contribution in [1.29, 1.82) is 0 Å². The number of likely N-dealkylation sites (N-methyl/N-ethyl adjacent to an activating group) is 1. The predicted molar refractivity (Wildman–Crippen MR) is 118 cm³/mol. The van der Waals surface area contributed by atoms with E-state index in [4.69, 9.17) is 11.6 Å². The normalized spacial score (nSPS) is 12.6. The van der Waals surface area contributed by atoms with Crippen LogP contribution < -0.4 is 10.6 Å². The van der Waals surface area contributed by atoms with E-state index in [9.17, 15) is 18.0 Å². The van der Waals surface area contributed by atoms with Crippen LogP contribution in [0.5, 0.6) is 0 Å². The Balaban J connectivity index is 2.09. The number of rotatable bonds is 8. The molecular weight excluding hydrogens is 426 g/mol. The van der Waals surface area contributed by atoms with Gasteiger partial charge in [-0.25, -0.2) is 8.42 Å². The van der Waals surface area contributed by atoms with Gasteiger partial charge >= 0.3 is 0 Å². The highest BCUT2D eigenvalue weighted by atomic mass is 35.5. The van der Waals surface area contributed by atoms with Gasteiger partial charge in [0.25, 0.3) is 0 Å². The van der Waals surface area contributed by atoms with Crippen molar-refractivity contribution in [3.05, 3.63) is 59.1 Å². The maximum atomic E-state index is 12.8. The Hall–Kier alpha value is -2.42. The zero-order valence-corrected chi connectivity index (χ0v) is 18.9. The van der Waals surface area contributed by atoms with Crippen LogP contribution >= 0.6 is 11.6 Å². The van der Waals surface area contributed by atoms with Crippen molar-refractivity contribution in [1.82, 2.24) is 9.62 Å². The van der Waals surface area contributed by atoms with Crippen LogP contribution in [-0.2, 0) is 19.6 Å². The molecule has 9 heteroatoms. The van der Waals surface area contributed by atoms with E-state index in [1.54, 1.807) is 12.1 Å². The van der Waals surface area contributed by atoms with Gasteiger partial charge in [-0.3, -0.25) is 9.59 Å². The van der Waals surface area contributed by atoms with Crippen molar-refractivity contribution < 1.29 is 18.0 Å². The lowest BCUT2D eigenvalue weighted by atomic mass is 9.96. The van der Waals surface area contributed by atoms with Gasteiger partial charge in [0.1, 0.15) is 0 Å². The average molecular weight is 452 g/mol. The van der Waals surface area contributed by atoms with Crippen molar-refractivity contribution in [2.45, 2.75) is 31.7 Å². The maximum absolute atomic E-state index is 12.8. The van der Waals surface area contributed by atoms with Gasteiger partial charge in [0.15, 0.2) is 0 Å². The van der Waals surface area contributed by atoms with E-state index in [2.05, 4.69) is 10.6 Å². The van der Waals surface area contributed by atoms with Crippen LogP contribution in [0.1, 0.15) is 32.4 Å². The smallest absolute Gasteiger partial charge is 0.243 e. The number of sulfonamides is 1. The molecule has 0 bridgehead atoms. The molecular formula is C21H26ClN3O4S. The van der Waals surface area contributed by atoms with Gasteiger partial charge in [0, 0.05) is 24.7 Å². The van der Waals surface area contributed by atoms with Crippen molar-refractivity contribution in [2.75, 3.05) is 18.9 Å². The molecule has 2 rings (SSSR count). The van der Waals surface area contributed by atoms with Gasteiger partial charge < -0.3 is 10.6 Å². The fraction of sp³-hybridized carbons (Fsp3) is 0.333. The third-order valence-electron chi connectivity index (χ3n) is 4.46. The van der Waals surface area contributed by atoms with E-state index in [-0.39, 0.29) is 29.3 Å². The number of carbonyl (C=O) groups is 2. The van der Waals surface area contributed by atoms with Crippen LogP contribution in [0.3, 0.4) is 0 Å². The summed E-state index contributed by atoms with van der Waals surface area (Å²) < 4.78 is 26.5. The molecule has 0 aliphatic heterocycles. The second kappa shape index (κ2) is 10.1. The number of carbonyl (C=O) groups excluding carboxylic acids is 2. The minimum absolute atomic E-state index is 0.0324. The van der Waals surface area contributed by atoms with E-state index >= 15 is 0 Å². The van der Waals surface area contributed by atoms with Gasteiger partial charge in [0.2, 0.25) is 21.8 Å². The first kappa shape index (κ1) is 23.9. The summed E-state index contributed by atoms with van der Waals surface area (Å²) in [6, 6.07) is 12.7. The van der Waals surface area contributed by atoms with E-state index in [1.165, 1.54) is 38.2 Å². The highest BCUT2D eigenvalue weighted by molar-refractivity contribution is 7.89. The molecule has 2 amide bonds. The van der Waals surface area contributed by atoms with Crippen molar-refractivity contribution >= 4 is 39.1 Å². The Morgan fingerprint density at radius 3 is 2.10 bits per heavy atom. The Labute approximate surface area is 182 Å². The molecule has 30 heavy (non-hydrogen) atoms. The largest absolute Gasteiger partial charge is 0.348 e. The summed E-state index contributed by atoms with van der Waals surface area (Å²) in [5, 5.41) is 6.08. The number of amides is 2. The lowest BCUT2D eigenvalue weighted by Gasteiger charge is -2.24. The van der Waals surface area contributed by atoms with Crippen LogP contribution in [0.4, 0.5) is 5.69 Å². The quantitative estimate of drug-likeness (QED) is 0.642. The topological polar surface area (TPSA) is 95.6 Å². The van der Waals surface area contributed by atoms with Crippen LogP contribution in [0.15, 0.2) is 53.4 Å². The van der Waals surface area contributed by atoms with Crippen LogP contribution in [0, 0.1) is 5.92 Å². The number of nitrogens with one attached hydrogen (secondary N) is 2. The fourth-order valence-corrected chi connectivity index (χ4v) is 4.16. The van der Waals surface area contributed by atoms with E-state index in [0.717, 1.165) is 9.87 Å². The Morgan fingerprint density at radius 2 is 1.60 bits per heavy atom. The summed E-state index contributed by atoms with van der Waals surface area (Å²) in [5.41, 5.74) is 1.38. The summed E-state index contributed by atoms with van der Waals surface area (Å²) >= 11 is 5.93. The first-order valence-corrected chi connectivity index (χ1v) is 11.2. The molecule has 2 N–H and O–H groups in total. The van der Waals surface area contributed by atoms with Crippen LogP contribution in [0.25, 0.3) is 0 Å². The second-order valence-electron chi connectivity index (χ2n) is 7.31. The fourth-order valence-electron chi connectivity index (χ4n) is 2.90. The molecule has 0 saturated heterocycles. The van der Waals surface area contributed by atoms with Crippen molar-refractivity contribution in [3.8, 4) is 0 Å². The molecule has 0 saturated carbocycles. The second-order valence-corrected chi connectivity index (χ2v) is 9.79. The SMILES string of the molecule is CC(=O)Nc1ccc(S(=O)(=O)N(C)CC(=O)NC(c2ccc(Cl)cc2)C(C)C)cc1. The maximum Gasteiger partial charge on any atom is 0.243 e. The molecule has 1 atom stereocenters. The molecule has 0 radical (unpaired) electrons. The molecule has 0 aliphatic carbocycles. The molecule has 0 heterocycles. The number of hydrogen-bond acceptors (Lipinski definition) is 4. The first-order valence-electron chi connectivity index (χ1n) is 9.39. The first-order chi connectivity index (χ1) is 14.0. The Morgan fingerprint density at radius 1 is 1.03 bits per heavy atom. The van der Waals surface area contributed by atoms with Crippen molar-refractivity contribution in [3.63, 3.8) is 0 Å². The summed E-state index contributed by atoms with van der Waals surface area (Å²) in [6.45, 7) is 4.98. The summed E-state index contributed by atoms with van der Waals surface area (Å²) in [4.78, 5) is 23.7. The van der Waals surface area contributed by atoms with Gasteiger partial charge in [-0.15, -0.1) is 0 Å². The monoisotopic (exact) mass is 451 g/mol. The molecule has 162 valence electrons. The number of halogens is 1. The van der Waals surface area contributed by atoms with Gasteiger partial charge in [-0.2, -0.15) is 4.31 Å². The standard InChI is InChI=1S/C21H26ClN3O4S/c1-14(2)21(16-5-7-17(22)8-6-16)24-20(27)13-25(4)30(28,29)19-11-9-18(10-12-19)23-15(3)26/h5-12,14,21H,13H2,1-4H3,(H,23,26)(H,24,27). The molecule has 2 aromatic carbocycles. The predicted octanol–water partition coefficient (Wildman–Crippen LogP) is 3.43. The number of nitrogens with zero attached hydrogens (tertiary/aromatic N) is 1. The highest BCUT2D eigenvalue weighted by Gasteiger charge is 2.25. The number of anilines is 1. The van der Waals surface area contributed by atoms with E-state index in [0.29, 0.717) is 10.7 Å².